The molecule has 0 aromatic rings. The van der Waals surface area contributed by atoms with Crippen LogP contribution in [0.25, 0.3) is 0 Å². The lowest BCUT2D eigenvalue weighted by Gasteiger charge is -2.37. The molecule has 3 N–H and O–H groups in total. The van der Waals surface area contributed by atoms with E-state index in [-0.39, 0.29) is 17.9 Å². The molecular weight excluding hydrogens is 194 g/mol. The van der Waals surface area contributed by atoms with Crippen molar-refractivity contribution in [2.45, 2.75) is 32.9 Å². The summed E-state index contributed by atoms with van der Waals surface area (Å²) in [5, 5.41) is 0. The van der Waals surface area contributed by atoms with E-state index in [9.17, 15) is 4.79 Å². The molecule has 1 saturated heterocycles. The summed E-state index contributed by atoms with van der Waals surface area (Å²) in [6.45, 7) is 8.39. The number of amides is 1. The van der Waals surface area contributed by atoms with Gasteiger partial charge >= 0.3 is 0 Å². The van der Waals surface area contributed by atoms with Crippen molar-refractivity contribution in [1.82, 2.24) is 10.3 Å². The minimum Gasteiger partial charge on any atom is -0.376 e. The van der Waals surface area contributed by atoms with Crippen LogP contribution in [0.5, 0.6) is 0 Å². The van der Waals surface area contributed by atoms with Crippen LogP contribution < -0.4 is 11.3 Å². The van der Waals surface area contributed by atoms with E-state index in [0.29, 0.717) is 6.04 Å². The summed E-state index contributed by atoms with van der Waals surface area (Å²) in [6.07, 6.45) is 0.245. The number of nitrogens with two attached hydrogens (primary N) is 1. The summed E-state index contributed by atoms with van der Waals surface area (Å²) in [7, 11) is 0. The van der Waals surface area contributed by atoms with Gasteiger partial charge in [-0.05, 0) is 13.8 Å². The predicted molar refractivity (Wildman–Crippen MR) is 57.9 cm³/mol. The number of carbonyl (C=O) groups excluding carboxylic acids is 1. The van der Waals surface area contributed by atoms with E-state index < -0.39 is 0 Å². The Morgan fingerprint density at radius 1 is 1.67 bits per heavy atom. The first kappa shape index (κ1) is 12.4. The number of rotatable bonds is 3. The van der Waals surface area contributed by atoms with Crippen molar-refractivity contribution in [3.05, 3.63) is 0 Å². The molecule has 3 atom stereocenters. The molecule has 0 bridgehead atoms. The van der Waals surface area contributed by atoms with E-state index in [1.807, 2.05) is 13.8 Å². The third-order valence-electron chi connectivity index (χ3n) is 2.84. The molecule has 88 valence electrons. The summed E-state index contributed by atoms with van der Waals surface area (Å²) in [5.74, 6) is 4.91. The molecule has 0 aromatic carbocycles. The first-order valence-corrected chi connectivity index (χ1v) is 5.40. The van der Waals surface area contributed by atoms with Gasteiger partial charge in [-0.25, -0.2) is 5.84 Å². The van der Waals surface area contributed by atoms with Crippen molar-refractivity contribution in [3.63, 3.8) is 0 Å². The summed E-state index contributed by atoms with van der Waals surface area (Å²) in [6, 6.07) is 0.370. The molecule has 5 nitrogen and oxygen atoms in total. The van der Waals surface area contributed by atoms with Crippen LogP contribution in [0.2, 0.25) is 0 Å². The Kier molecular flexibility index (Phi) is 4.50. The van der Waals surface area contributed by atoms with Crippen LogP contribution in [0.4, 0.5) is 0 Å². The minimum atomic E-state index is -0.110. The molecule has 15 heavy (non-hydrogen) atoms. The van der Waals surface area contributed by atoms with Crippen LogP contribution in [-0.4, -0.2) is 42.6 Å². The third-order valence-corrected chi connectivity index (χ3v) is 2.84. The number of hydrogen-bond acceptors (Lipinski definition) is 4. The van der Waals surface area contributed by atoms with Gasteiger partial charge < -0.3 is 4.74 Å². The van der Waals surface area contributed by atoms with Crippen molar-refractivity contribution in [2.24, 2.45) is 11.8 Å². The molecule has 3 unspecified atom stereocenters. The second-order valence-corrected chi connectivity index (χ2v) is 4.36. The quantitative estimate of drug-likeness (QED) is 0.386. The highest BCUT2D eigenvalue weighted by atomic mass is 16.5. The van der Waals surface area contributed by atoms with Gasteiger partial charge in [-0.15, -0.1) is 0 Å². The highest BCUT2D eigenvalue weighted by molar-refractivity contribution is 5.77. The predicted octanol–water partition coefficient (Wildman–Crippen LogP) is -0.278. The number of carbonyl (C=O) groups is 1. The zero-order valence-corrected chi connectivity index (χ0v) is 9.69. The minimum absolute atomic E-state index is 0.0808. The monoisotopic (exact) mass is 215 g/mol. The average Bonchev–Trinajstić information content (AvgIpc) is 2.22. The maximum atomic E-state index is 11.3. The molecule has 1 fully saturated rings. The first-order valence-electron chi connectivity index (χ1n) is 5.40. The molecule has 0 saturated carbocycles. The maximum Gasteiger partial charge on any atom is 0.237 e. The Morgan fingerprint density at radius 2 is 2.33 bits per heavy atom. The van der Waals surface area contributed by atoms with Gasteiger partial charge in [0.15, 0.2) is 0 Å². The van der Waals surface area contributed by atoms with Crippen molar-refractivity contribution in [1.29, 1.82) is 0 Å². The second-order valence-electron chi connectivity index (χ2n) is 4.36. The molecule has 0 aliphatic carbocycles. The molecular formula is C10H21N3O2. The Bertz CT molecular complexity index is 223. The number of hydrazine groups is 1. The van der Waals surface area contributed by atoms with Crippen LogP contribution in [0.15, 0.2) is 0 Å². The number of ether oxygens (including phenoxy) is 1. The number of hydrogen-bond donors (Lipinski definition) is 2. The fourth-order valence-corrected chi connectivity index (χ4v) is 1.80. The van der Waals surface area contributed by atoms with Crippen molar-refractivity contribution >= 4 is 5.91 Å². The van der Waals surface area contributed by atoms with Gasteiger partial charge in [-0.1, -0.05) is 6.92 Å². The van der Waals surface area contributed by atoms with E-state index in [1.165, 1.54) is 0 Å². The highest BCUT2D eigenvalue weighted by Crippen LogP contribution is 2.13. The number of morpholine rings is 1. The summed E-state index contributed by atoms with van der Waals surface area (Å²) >= 11 is 0. The van der Waals surface area contributed by atoms with Gasteiger partial charge in [0.1, 0.15) is 0 Å². The van der Waals surface area contributed by atoms with E-state index >= 15 is 0 Å². The van der Waals surface area contributed by atoms with Crippen molar-refractivity contribution in [3.8, 4) is 0 Å². The molecule has 0 spiro atoms. The lowest BCUT2D eigenvalue weighted by Crippen LogP contribution is -2.50. The molecule has 0 aromatic heterocycles. The number of nitrogens with zero attached hydrogens (tertiary/aromatic N) is 1. The van der Waals surface area contributed by atoms with Gasteiger partial charge in [0.2, 0.25) is 5.91 Å². The van der Waals surface area contributed by atoms with Crippen molar-refractivity contribution < 1.29 is 9.53 Å². The number of nitrogens with one attached hydrogen (secondary N) is 1. The topological polar surface area (TPSA) is 67.6 Å². The molecule has 5 heteroatoms. The standard InChI is InChI=1S/C10H21N3O2/c1-7(10(14)12-11)4-13-5-9(3)15-6-8(13)2/h7-9H,4-6,11H2,1-3H3,(H,12,14). The van der Waals surface area contributed by atoms with Crippen LogP contribution in [0.1, 0.15) is 20.8 Å². The van der Waals surface area contributed by atoms with E-state index in [2.05, 4.69) is 17.2 Å². The molecule has 1 amide bonds. The second kappa shape index (κ2) is 5.44. The van der Waals surface area contributed by atoms with Gasteiger partial charge in [0, 0.05) is 25.0 Å². The average molecular weight is 215 g/mol. The Balaban J connectivity index is 2.45. The Labute approximate surface area is 90.9 Å². The highest BCUT2D eigenvalue weighted by Gasteiger charge is 2.26. The van der Waals surface area contributed by atoms with Gasteiger partial charge in [-0.2, -0.15) is 0 Å². The first-order chi connectivity index (χ1) is 7.04. The summed E-state index contributed by atoms with van der Waals surface area (Å²) in [5.41, 5.74) is 2.18. The van der Waals surface area contributed by atoms with E-state index in [4.69, 9.17) is 10.6 Å². The summed E-state index contributed by atoms with van der Waals surface area (Å²) < 4.78 is 5.52. The molecule has 1 aliphatic rings. The zero-order valence-electron chi connectivity index (χ0n) is 9.69. The smallest absolute Gasteiger partial charge is 0.237 e. The van der Waals surface area contributed by atoms with Crippen LogP contribution in [0, 0.1) is 5.92 Å². The molecule has 0 radical (unpaired) electrons. The van der Waals surface area contributed by atoms with Gasteiger partial charge in [0.05, 0.1) is 12.7 Å². The fourth-order valence-electron chi connectivity index (χ4n) is 1.80. The van der Waals surface area contributed by atoms with Gasteiger partial charge in [-0.3, -0.25) is 15.1 Å². The maximum absolute atomic E-state index is 11.3. The van der Waals surface area contributed by atoms with E-state index in [1.54, 1.807) is 0 Å². The molecule has 1 rings (SSSR count). The fraction of sp³-hybridized carbons (Fsp3) is 0.900. The summed E-state index contributed by atoms with van der Waals surface area (Å²) in [4.78, 5) is 13.6. The SMILES string of the molecule is CC1CN(CC(C)C(=O)NN)C(C)CO1. The Hall–Kier alpha value is -0.650. The van der Waals surface area contributed by atoms with Crippen molar-refractivity contribution in [2.75, 3.05) is 19.7 Å². The molecule has 1 aliphatic heterocycles. The van der Waals surface area contributed by atoms with Crippen LogP contribution in [-0.2, 0) is 9.53 Å². The lowest BCUT2D eigenvalue weighted by molar-refractivity contribution is -0.126. The normalized spacial score (nSPS) is 29.9. The molecule has 1 heterocycles. The Morgan fingerprint density at radius 3 is 2.93 bits per heavy atom. The van der Waals surface area contributed by atoms with Crippen LogP contribution in [0.3, 0.4) is 0 Å². The lowest BCUT2D eigenvalue weighted by atomic mass is 10.1. The third kappa shape index (κ3) is 3.44. The van der Waals surface area contributed by atoms with Crippen LogP contribution >= 0.6 is 0 Å². The largest absolute Gasteiger partial charge is 0.376 e. The van der Waals surface area contributed by atoms with Gasteiger partial charge in [0.25, 0.3) is 0 Å². The van der Waals surface area contributed by atoms with E-state index in [0.717, 1.165) is 19.7 Å². The zero-order chi connectivity index (χ0) is 11.4.